The highest BCUT2D eigenvalue weighted by molar-refractivity contribution is 14.1. The van der Waals surface area contributed by atoms with Gasteiger partial charge in [0, 0.05) is 23.2 Å². The maximum Gasteiger partial charge on any atom is 0.279 e. The molecule has 0 radical (unpaired) electrons. The van der Waals surface area contributed by atoms with Crippen LogP contribution in [0, 0.1) is 3.57 Å². The Morgan fingerprint density at radius 1 is 1.33 bits per heavy atom. The molecule has 1 heterocycles. The normalized spacial score (nSPS) is 17.8. The largest absolute Gasteiger partial charge is 0.379 e. The van der Waals surface area contributed by atoms with Crippen LogP contribution in [-0.2, 0) is 21.5 Å². The van der Waals surface area contributed by atoms with Crippen molar-refractivity contribution in [2.45, 2.75) is 6.54 Å². The Morgan fingerprint density at radius 3 is 2.72 bits per heavy atom. The third kappa shape index (κ3) is 3.89. The van der Waals surface area contributed by atoms with Crippen molar-refractivity contribution in [2.75, 3.05) is 26.3 Å². The van der Waals surface area contributed by atoms with Gasteiger partial charge in [0.25, 0.3) is 10.2 Å². The van der Waals surface area contributed by atoms with Gasteiger partial charge in [-0.3, -0.25) is 0 Å². The van der Waals surface area contributed by atoms with Gasteiger partial charge in [0.05, 0.1) is 13.2 Å². The minimum Gasteiger partial charge on any atom is -0.379 e. The highest BCUT2D eigenvalue weighted by Crippen LogP contribution is 2.09. The summed E-state index contributed by atoms with van der Waals surface area (Å²) in [5.41, 5.74) is 0.957. The number of nitrogens with zero attached hydrogens (tertiary/aromatic N) is 1. The van der Waals surface area contributed by atoms with Crippen LogP contribution in [0.5, 0.6) is 0 Å². The Kier molecular flexibility index (Phi) is 4.96. The van der Waals surface area contributed by atoms with Crippen LogP contribution in [0.1, 0.15) is 5.56 Å². The number of ether oxygens (including phenoxy) is 1. The summed E-state index contributed by atoms with van der Waals surface area (Å²) >= 11 is 2.21. The number of hydrogen-bond acceptors (Lipinski definition) is 3. The van der Waals surface area contributed by atoms with E-state index in [1.807, 2.05) is 24.3 Å². The number of nitrogens with one attached hydrogen (secondary N) is 1. The summed E-state index contributed by atoms with van der Waals surface area (Å²) in [5, 5.41) is 0. The molecule has 0 amide bonds. The minimum atomic E-state index is -3.39. The topological polar surface area (TPSA) is 58.6 Å². The van der Waals surface area contributed by atoms with Crippen molar-refractivity contribution in [3.63, 3.8) is 0 Å². The molecule has 1 fully saturated rings. The molecular weight excluding hydrogens is 367 g/mol. The molecule has 18 heavy (non-hydrogen) atoms. The zero-order chi connectivity index (χ0) is 13.0. The maximum atomic E-state index is 12.0. The van der Waals surface area contributed by atoms with Gasteiger partial charge in [0.2, 0.25) is 0 Å². The number of halogens is 1. The summed E-state index contributed by atoms with van der Waals surface area (Å²) in [5.74, 6) is 0. The van der Waals surface area contributed by atoms with E-state index in [4.69, 9.17) is 4.74 Å². The SMILES string of the molecule is O=S(=O)(NCc1cccc(I)c1)N1CCOCC1. The molecule has 100 valence electrons. The first-order valence-electron chi connectivity index (χ1n) is 5.65. The van der Waals surface area contributed by atoms with Crippen molar-refractivity contribution < 1.29 is 13.2 Å². The lowest BCUT2D eigenvalue weighted by Crippen LogP contribution is -2.46. The van der Waals surface area contributed by atoms with E-state index >= 15 is 0 Å². The van der Waals surface area contributed by atoms with Gasteiger partial charge in [0.15, 0.2) is 0 Å². The smallest absolute Gasteiger partial charge is 0.279 e. The van der Waals surface area contributed by atoms with Crippen molar-refractivity contribution in [3.05, 3.63) is 33.4 Å². The van der Waals surface area contributed by atoms with Crippen molar-refractivity contribution in [1.82, 2.24) is 9.03 Å². The second-order valence-electron chi connectivity index (χ2n) is 3.97. The van der Waals surface area contributed by atoms with Gasteiger partial charge >= 0.3 is 0 Å². The van der Waals surface area contributed by atoms with Crippen molar-refractivity contribution in [2.24, 2.45) is 0 Å². The van der Waals surface area contributed by atoms with Crippen LogP contribution >= 0.6 is 22.6 Å². The number of hydrogen-bond donors (Lipinski definition) is 1. The van der Waals surface area contributed by atoms with Gasteiger partial charge in [-0.15, -0.1) is 0 Å². The first kappa shape index (κ1) is 14.2. The molecule has 2 rings (SSSR count). The molecule has 0 saturated carbocycles. The van der Waals surface area contributed by atoms with Crippen LogP contribution in [-0.4, -0.2) is 39.0 Å². The Hall–Kier alpha value is -0.220. The molecule has 1 aromatic rings. The van der Waals surface area contributed by atoms with E-state index in [2.05, 4.69) is 27.3 Å². The molecule has 0 bridgehead atoms. The monoisotopic (exact) mass is 382 g/mol. The molecular formula is C11H15IN2O3S. The molecule has 1 aromatic carbocycles. The fourth-order valence-corrected chi connectivity index (χ4v) is 3.47. The predicted molar refractivity (Wildman–Crippen MR) is 77.3 cm³/mol. The second-order valence-corrected chi connectivity index (χ2v) is 6.97. The fourth-order valence-electron chi connectivity index (χ4n) is 1.70. The van der Waals surface area contributed by atoms with E-state index in [0.29, 0.717) is 32.8 Å². The van der Waals surface area contributed by atoms with Crippen LogP contribution < -0.4 is 4.72 Å². The van der Waals surface area contributed by atoms with Crippen LogP contribution in [0.15, 0.2) is 24.3 Å². The summed E-state index contributed by atoms with van der Waals surface area (Å²) in [7, 11) is -3.39. The molecule has 1 aliphatic heterocycles. The quantitative estimate of drug-likeness (QED) is 0.790. The summed E-state index contributed by atoms with van der Waals surface area (Å²) in [6.07, 6.45) is 0. The first-order chi connectivity index (χ1) is 8.58. The van der Waals surface area contributed by atoms with Crippen molar-refractivity contribution >= 4 is 32.8 Å². The summed E-state index contributed by atoms with van der Waals surface area (Å²) in [6, 6.07) is 7.76. The Labute approximate surface area is 121 Å². The average molecular weight is 382 g/mol. The molecule has 1 N–H and O–H groups in total. The third-order valence-corrected chi connectivity index (χ3v) is 4.88. The zero-order valence-corrected chi connectivity index (χ0v) is 12.8. The van der Waals surface area contributed by atoms with Gasteiger partial charge in [-0.05, 0) is 40.3 Å². The lowest BCUT2D eigenvalue weighted by atomic mass is 10.2. The fraction of sp³-hybridized carbons (Fsp3) is 0.455. The molecule has 0 aromatic heterocycles. The van der Waals surface area contributed by atoms with E-state index in [-0.39, 0.29) is 0 Å². The Balaban J connectivity index is 1.96. The van der Waals surface area contributed by atoms with Gasteiger partial charge in [-0.25, -0.2) is 0 Å². The molecule has 0 aliphatic carbocycles. The molecule has 5 nitrogen and oxygen atoms in total. The molecule has 1 saturated heterocycles. The molecule has 7 heteroatoms. The molecule has 1 aliphatic rings. The maximum absolute atomic E-state index is 12.0. The highest BCUT2D eigenvalue weighted by Gasteiger charge is 2.23. The standard InChI is InChI=1S/C11H15IN2O3S/c12-11-3-1-2-10(8-11)9-13-18(15,16)14-4-6-17-7-5-14/h1-3,8,13H,4-7,9H2. The number of rotatable bonds is 4. The molecule has 0 atom stereocenters. The Bertz CT molecular complexity index is 501. The average Bonchev–Trinajstić information content (AvgIpc) is 2.38. The zero-order valence-electron chi connectivity index (χ0n) is 9.80. The lowest BCUT2D eigenvalue weighted by Gasteiger charge is -2.26. The summed E-state index contributed by atoms with van der Waals surface area (Å²) in [4.78, 5) is 0. The highest BCUT2D eigenvalue weighted by atomic mass is 127. The minimum absolute atomic E-state index is 0.316. The van der Waals surface area contributed by atoms with Crippen LogP contribution in [0.3, 0.4) is 0 Å². The van der Waals surface area contributed by atoms with E-state index in [1.54, 1.807) is 0 Å². The number of benzene rings is 1. The van der Waals surface area contributed by atoms with Gasteiger partial charge in [0.1, 0.15) is 0 Å². The molecule has 0 spiro atoms. The van der Waals surface area contributed by atoms with Crippen LogP contribution in [0.2, 0.25) is 0 Å². The van der Waals surface area contributed by atoms with Crippen LogP contribution in [0.25, 0.3) is 0 Å². The summed E-state index contributed by atoms with van der Waals surface area (Å²) < 4.78 is 34.3. The molecule has 0 unspecified atom stereocenters. The van der Waals surface area contributed by atoms with E-state index in [1.165, 1.54) is 4.31 Å². The van der Waals surface area contributed by atoms with E-state index in [0.717, 1.165) is 9.13 Å². The van der Waals surface area contributed by atoms with Gasteiger partial charge in [-0.2, -0.15) is 17.4 Å². The van der Waals surface area contributed by atoms with Crippen LogP contribution in [0.4, 0.5) is 0 Å². The Morgan fingerprint density at radius 2 is 2.06 bits per heavy atom. The third-order valence-electron chi connectivity index (χ3n) is 2.66. The second kappa shape index (κ2) is 6.29. The van der Waals surface area contributed by atoms with Crippen molar-refractivity contribution in [3.8, 4) is 0 Å². The lowest BCUT2D eigenvalue weighted by molar-refractivity contribution is 0.0725. The predicted octanol–water partition coefficient (Wildman–Crippen LogP) is 0.958. The number of morpholine rings is 1. The van der Waals surface area contributed by atoms with Crippen molar-refractivity contribution in [1.29, 1.82) is 0 Å². The van der Waals surface area contributed by atoms with Gasteiger partial charge in [-0.1, -0.05) is 12.1 Å². The first-order valence-corrected chi connectivity index (χ1v) is 8.17. The van der Waals surface area contributed by atoms with E-state index < -0.39 is 10.2 Å². The van der Waals surface area contributed by atoms with Gasteiger partial charge < -0.3 is 4.74 Å². The summed E-state index contributed by atoms with van der Waals surface area (Å²) in [6.45, 7) is 2.08. The van der Waals surface area contributed by atoms with E-state index in [9.17, 15) is 8.42 Å².